The molecule has 4 nitrogen and oxygen atoms in total. The van der Waals surface area contributed by atoms with E-state index in [9.17, 15) is 9.59 Å². The molecule has 0 aliphatic carbocycles. The zero-order valence-corrected chi connectivity index (χ0v) is 12.3. The topological polar surface area (TPSA) is 74.6 Å². The third-order valence-corrected chi connectivity index (χ3v) is 2.90. The summed E-state index contributed by atoms with van der Waals surface area (Å²) >= 11 is 0. The minimum atomic E-state index is -0.786. The number of hydrogen-bond donors (Lipinski definition) is 2. The van der Waals surface area contributed by atoms with Gasteiger partial charge in [-0.1, -0.05) is 60.7 Å². The highest BCUT2D eigenvalue weighted by Gasteiger charge is 1.97. The number of carbonyl (C=O) groups is 2. The molecule has 4 heteroatoms. The molecule has 0 fully saturated rings. The second-order valence-electron chi connectivity index (χ2n) is 4.79. The first-order valence-corrected chi connectivity index (χ1v) is 7.09. The number of aliphatic carboxylic acids is 2. The minimum absolute atomic E-state index is 0.112. The molecule has 0 heterocycles. The van der Waals surface area contributed by atoms with E-state index < -0.39 is 11.9 Å². The molecule has 0 saturated carbocycles. The van der Waals surface area contributed by atoms with Gasteiger partial charge in [-0.2, -0.15) is 0 Å². The lowest BCUT2D eigenvalue weighted by molar-refractivity contribution is -0.137. The van der Waals surface area contributed by atoms with E-state index >= 15 is 0 Å². The fourth-order valence-corrected chi connectivity index (χ4v) is 1.86. The van der Waals surface area contributed by atoms with Gasteiger partial charge in [0.25, 0.3) is 0 Å². The Morgan fingerprint density at radius 1 is 0.727 bits per heavy atom. The normalized spacial score (nSPS) is 9.45. The summed E-state index contributed by atoms with van der Waals surface area (Å²) in [6, 6.07) is 19.1. The second kappa shape index (κ2) is 10.2. The van der Waals surface area contributed by atoms with Crippen LogP contribution in [-0.4, -0.2) is 22.2 Å². The van der Waals surface area contributed by atoms with Crippen molar-refractivity contribution >= 4 is 11.9 Å². The van der Waals surface area contributed by atoms with Crippen molar-refractivity contribution in [2.75, 3.05) is 0 Å². The van der Waals surface area contributed by atoms with Gasteiger partial charge in [-0.25, -0.2) is 0 Å². The van der Waals surface area contributed by atoms with Gasteiger partial charge >= 0.3 is 11.9 Å². The van der Waals surface area contributed by atoms with E-state index in [4.69, 9.17) is 10.2 Å². The Bertz CT molecular complexity index is 564. The van der Waals surface area contributed by atoms with Gasteiger partial charge in [0.05, 0.1) is 6.42 Å². The van der Waals surface area contributed by atoms with Gasteiger partial charge in [0.1, 0.15) is 0 Å². The minimum Gasteiger partial charge on any atom is -0.481 e. The zero-order valence-electron chi connectivity index (χ0n) is 12.3. The lowest BCUT2D eigenvalue weighted by Crippen LogP contribution is -1.98. The van der Waals surface area contributed by atoms with Gasteiger partial charge in [0, 0.05) is 6.42 Å². The molecular weight excluding hydrogens is 280 g/mol. The molecule has 2 aromatic carbocycles. The van der Waals surface area contributed by atoms with Crippen molar-refractivity contribution in [1.82, 2.24) is 0 Å². The van der Waals surface area contributed by atoms with Crippen LogP contribution in [0.1, 0.15) is 24.0 Å². The fraction of sp³-hybridized carbons (Fsp3) is 0.222. The van der Waals surface area contributed by atoms with Crippen LogP contribution in [0.25, 0.3) is 0 Å². The van der Waals surface area contributed by atoms with Crippen molar-refractivity contribution in [3.05, 3.63) is 71.8 Å². The Hall–Kier alpha value is -2.62. The summed E-state index contributed by atoms with van der Waals surface area (Å²) in [6.45, 7) is 0. The zero-order chi connectivity index (χ0) is 16.2. The SMILES string of the molecule is O=C(O)CCCc1ccccc1.O=C(O)Cc1ccccc1. The van der Waals surface area contributed by atoms with Crippen molar-refractivity contribution < 1.29 is 19.8 Å². The van der Waals surface area contributed by atoms with Gasteiger partial charge in [-0.15, -0.1) is 0 Å². The van der Waals surface area contributed by atoms with E-state index in [1.54, 1.807) is 12.1 Å². The molecule has 0 aliphatic rings. The number of aryl methyl sites for hydroxylation is 1. The summed E-state index contributed by atoms with van der Waals surface area (Å²) in [6.07, 6.45) is 1.95. The molecule has 0 radical (unpaired) electrons. The van der Waals surface area contributed by atoms with Crippen LogP contribution in [-0.2, 0) is 22.4 Å². The van der Waals surface area contributed by atoms with E-state index in [0.29, 0.717) is 0 Å². The van der Waals surface area contributed by atoms with E-state index in [-0.39, 0.29) is 12.8 Å². The standard InChI is InChI=1S/C10H12O2.C8H8O2/c11-10(12)8-4-7-9-5-2-1-3-6-9;9-8(10)6-7-4-2-1-3-5-7/h1-3,5-6H,4,7-8H2,(H,11,12);1-5H,6H2,(H,9,10). The van der Waals surface area contributed by atoms with Crippen molar-refractivity contribution in [3.63, 3.8) is 0 Å². The molecule has 0 unspecified atom stereocenters. The second-order valence-corrected chi connectivity index (χ2v) is 4.79. The first-order chi connectivity index (χ1) is 10.6. The average molecular weight is 300 g/mol. The molecule has 0 bridgehead atoms. The Balaban J connectivity index is 0.000000224. The van der Waals surface area contributed by atoms with Gasteiger partial charge in [-0.3, -0.25) is 9.59 Å². The third kappa shape index (κ3) is 8.53. The van der Waals surface area contributed by atoms with Gasteiger partial charge in [0.15, 0.2) is 0 Å². The Morgan fingerprint density at radius 2 is 1.23 bits per heavy atom. The lowest BCUT2D eigenvalue weighted by Gasteiger charge is -1.97. The van der Waals surface area contributed by atoms with Crippen molar-refractivity contribution in [1.29, 1.82) is 0 Å². The monoisotopic (exact) mass is 300 g/mol. The number of carboxylic acid groups (broad SMARTS) is 2. The lowest BCUT2D eigenvalue weighted by atomic mass is 10.1. The molecule has 2 N–H and O–H groups in total. The first-order valence-electron chi connectivity index (χ1n) is 7.09. The number of carboxylic acids is 2. The molecule has 0 atom stereocenters. The van der Waals surface area contributed by atoms with Crippen molar-refractivity contribution in [2.24, 2.45) is 0 Å². The number of benzene rings is 2. The van der Waals surface area contributed by atoms with Crippen LogP contribution < -0.4 is 0 Å². The highest BCUT2D eigenvalue weighted by Crippen LogP contribution is 2.03. The van der Waals surface area contributed by atoms with E-state index in [2.05, 4.69) is 0 Å². The Labute approximate surface area is 130 Å². The molecule has 2 rings (SSSR count). The molecule has 116 valence electrons. The molecule has 0 saturated heterocycles. The Kier molecular flexibility index (Phi) is 8.05. The van der Waals surface area contributed by atoms with Gasteiger partial charge < -0.3 is 10.2 Å². The van der Waals surface area contributed by atoms with E-state index in [1.807, 2.05) is 48.5 Å². The summed E-state index contributed by atoms with van der Waals surface area (Å²) in [4.78, 5) is 20.4. The molecule has 0 aliphatic heterocycles. The van der Waals surface area contributed by atoms with Crippen LogP contribution in [0.5, 0.6) is 0 Å². The highest BCUT2D eigenvalue weighted by atomic mass is 16.4. The summed E-state index contributed by atoms with van der Waals surface area (Å²) < 4.78 is 0. The smallest absolute Gasteiger partial charge is 0.307 e. The maximum atomic E-state index is 10.2. The quantitative estimate of drug-likeness (QED) is 0.857. The predicted molar refractivity (Wildman–Crippen MR) is 84.8 cm³/mol. The van der Waals surface area contributed by atoms with Gasteiger partial charge in [-0.05, 0) is 24.0 Å². The fourth-order valence-electron chi connectivity index (χ4n) is 1.86. The predicted octanol–water partition coefficient (Wildman–Crippen LogP) is 3.41. The van der Waals surface area contributed by atoms with Crippen LogP contribution in [0.2, 0.25) is 0 Å². The number of rotatable bonds is 6. The van der Waals surface area contributed by atoms with E-state index in [0.717, 1.165) is 18.4 Å². The average Bonchev–Trinajstić information content (AvgIpc) is 2.49. The third-order valence-electron chi connectivity index (χ3n) is 2.90. The maximum absolute atomic E-state index is 10.2. The summed E-state index contributed by atoms with van der Waals surface area (Å²) in [5.41, 5.74) is 2.05. The molecule has 0 aromatic heterocycles. The molecular formula is C18H20O4. The van der Waals surface area contributed by atoms with E-state index in [1.165, 1.54) is 5.56 Å². The molecule has 22 heavy (non-hydrogen) atoms. The highest BCUT2D eigenvalue weighted by molar-refractivity contribution is 5.70. The number of hydrogen-bond acceptors (Lipinski definition) is 2. The molecule has 2 aromatic rings. The summed E-state index contributed by atoms with van der Waals surface area (Å²) in [5, 5.41) is 16.8. The Morgan fingerprint density at radius 3 is 1.68 bits per heavy atom. The van der Waals surface area contributed by atoms with Crippen LogP contribution >= 0.6 is 0 Å². The van der Waals surface area contributed by atoms with Crippen LogP contribution in [0.15, 0.2) is 60.7 Å². The maximum Gasteiger partial charge on any atom is 0.307 e. The largest absolute Gasteiger partial charge is 0.481 e. The summed E-state index contributed by atoms with van der Waals surface area (Å²) in [7, 11) is 0. The molecule has 0 spiro atoms. The van der Waals surface area contributed by atoms with Crippen LogP contribution in [0.3, 0.4) is 0 Å². The summed E-state index contributed by atoms with van der Waals surface area (Å²) in [5.74, 6) is -1.50. The first kappa shape index (κ1) is 17.4. The van der Waals surface area contributed by atoms with Gasteiger partial charge in [0.2, 0.25) is 0 Å². The van der Waals surface area contributed by atoms with Crippen molar-refractivity contribution in [2.45, 2.75) is 25.7 Å². The van der Waals surface area contributed by atoms with Crippen LogP contribution in [0, 0.1) is 0 Å². The molecule has 0 amide bonds. The van der Waals surface area contributed by atoms with Crippen molar-refractivity contribution in [3.8, 4) is 0 Å². The van der Waals surface area contributed by atoms with Crippen LogP contribution in [0.4, 0.5) is 0 Å².